The van der Waals surface area contributed by atoms with Crippen LogP contribution in [-0.2, 0) is 29.2 Å². The number of nitrogens with one attached hydrogen (secondary N) is 1. The lowest BCUT2D eigenvalue weighted by Gasteiger charge is -2.16. The number of ketones is 1. The summed E-state index contributed by atoms with van der Waals surface area (Å²) in [6.07, 6.45) is -4.27. The van der Waals surface area contributed by atoms with Crippen LogP contribution in [0, 0.1) is 0 Å². The number of aromatic nitrogens is 3. The summed E-state index contributed by atoms with van der Waals surface area (Å²) in [5.41, 5.74) is 0.892. The highest BCUT2D eigenvalue weighted by atomic mass is 32.2. The molecule has 0 bridgehead atoms. The molecule has 1 heterocycles. The first kappa shape index (κ1) is 20.0. The highest BCUT2D eigenvalue weighted by molar-refractivity contribution is 7.99. The molecule has 140 valence electrons. The molecule has 0 unspecified atom stereocenters. The second-order valence-corrected chi connectivity index (χ2v) is 6.51. The SMILES string of the molecule is CC(=O)[C@@H](Cc1ccccc1)NC(=O)CSc1nnc(C(F)(F)F)n1C. The van der Waals surface area contributed by atoms with Gasteiger partial charge in [0.25, 0.3) is 0 Å². The third-order valence-corrected chi connectivity index (χ3v) is 4.55. The first-order valence-corrected chi connectivity index (χ1v) is 8.60. The number of amides is 1. The predicted octanol–water partition coefficient (Wildman–Crippen LogP) is 2.24. The minimum atomic E-state index is -4.61. The van der Waals surface area contributed by atoms with Gasteiger partial charge in [0, 0.05) is 7.05 Å². The zero-order chi connectivity index (χ0) is 19.3. The largest absolute Gasteiger partial charge is 0.451 e. The summed E-state index contributed by atoms with van der Waals surface area (Å²) in [5.74, 6) is -1.98. The second-order valence-electron chi connectivity index (χ2n) is 5.57. The number of Topliss-reactive ketones (excluding diaryl/α,β-unsaturated/α-hetero) is 1. The van der Waals surface area contributed by atoms with Crippen LogP contribution in [0.5, 0.6) is 0 Å². The summed E-state index contributed by atoms with van der Waals surface area (Å²) < 4.78 is 38.8. The van der Waals surface area contributed by atoms with Gasteiger partial charge in [0.15, 0.2) is 10.9 Å². The summed E-state index contributed by atoms with van der Waals surface area (Å²) in [7, 11) is 1.18. The Bertz CT molecular complexity index is 778. The molecule has 2 rings (SSSR count). The number of thioether (sulfide) groups is 1. The van der Waals surface area contributed by atoms with Gasteiger partial charge in [-0.1, -0.05) is 42.1 Å². The van der Waals surface area contributed by atoms with Crippen molar-refractivity contribution in [3.63, 3.8) is 0 Å². The van der Waals surface area contributed by atoms with E-state index in [1.165, 1.54) is 14.0 Å². The van der Waals surface area contributed by atoms with Gasteiger partial charge in [-0.05, 0) is 18.9 Å². The molecule has 1 aromatic heterocycles. The van der Waals surface area contributed by atoms with Gasteiger partial charge in [0.05, 0.1) is 11.8 Å². The summed E-state index contributed by atoms with van der Waals surface area (Å²) >= 11 is 0.818. The summed E-state index contributed by atoms with van der Waals surface area (Å²) in [6, 6.07) is 8.49. The van der Waals surface area contributed by atoms with Crippen LogP contribution < -0.4 is 5.32 Å². The Kier molecular flexibility index (Phi) is 6.41. The first-order chi connectivity index (χ1) is 12.2. The number of alkyl halides is 3. The van der Waals surface area contributed by atoms with Crippen LogP contribution in [0.1, 0.15) is 18.3 Å². The molecule has 0 saturated heterocycles. The number of hydrogen-bond donors (Lipinski definition) is 1. The van der Waals surface area contributed by atoms with Crippen molar-refractivity contribution < 1.29 is 22.8 Å². The molecule has 0 fully saturated rings. The average molecular weight is 386 g/mol. The highest BCUT2D eigenvalue weighted by Crippen LogP contribution is 2.29. The van der Waals surface area contributed by atoms with E-state index in [9.17, 15) is 22.8 Å². The molecule has 1 N–H and O–H groups in total. The molecular formula is C16H17F3N4O2S. The topological polar surface area (TPSA) is 76.9 Å². The maximum atomic E-state index is 12.7. The van der Waals surface area contributed by atoms with Crippen molar-refractivity contribution in [3.05, 3.63) is 41.7 Å². The Labute approximate surface area is 152 Å². The molecule has 0 aliphatic carbocycles. The minimum Gasteiger partial charge on any atom is -0.345 e. The number of halogens is 3. The van der Waals surface area contributed by atoms with Crippen LogP contribution in [0.2, 0.25) is 0 Å². The quantitative estimate of drug-likeness (QED) is 0.739. The van der Waals surface area contributed by atoms with Gasteiger partial charge < -0.3 is 9.88 Å². The van der Waals surface area contributed by atoms with Gasteiger partial charge in [-0.25, -0.2) is 0 Å². The van der Waals surface area contributed by atoms with Crippen molar-refractivity contribution in [2.45, 2.75) is 30.7 Å². The van der Waals surface area contributed by atoms with Crippen molar-refractivity contribution in [2.75, 3.05) is 5.75 Å². The molecule has 10 heteroatoms. The molecule has 0 radical (unpaired) electrons. The number of carbonyl (C=O) groups is 2. The third-order valence-electron chi connectivity index (χ3n) is 3.53. The van der Waals surface area contributed by atoms with Crippen molar-refractivity contribution in [1.29, 1.82) is 0 Å². The van der Waals surface area contributed by atoms with E-state index in [1.807, 2.05) is 30.3 Å². The van der Waals surface area contributed by atoms with Gasteiger partial charge >= 0.3 is 6.18 Å². The van der Waals surface area contributed by atoms with E-state index in [-0.39, 0.29) is 16.7 Å². The monoisotopic (exact) mass is 386 g/mol. The van der Waals surface area contributed by atoms with E-state index in [4.69, 9.17) is 0 Å². The fourth-order valence-electron chi connectivity index (χ4n) is 2.20. The lowest BCUT2D eigenvalue weighted by Crippen LogP contribution is -2.42. The number of nitrogens with zero attached hydrogens (tertiary/aromatic N) is 3. The molecule has 6 nitrogen and oxygen atoms in total. The van der Waals surface area contributed by atoms with Gasteiger partial charge in [-0.2, -0.15) is 13.2 Å². The van der Waals surface area contributed by atoms with Crippen LogP contribution in [0.15, 0.2) is 35.5 Å². The number of carbonyl (C=O) groups excluding carboxylic acids is 2. The van der Waals surface area contributed by atoms with Gasteiger partial charge in [-0.3, -0.25) is 9.59 Å². The third kappa shape index (κ3) is 5.32. The predicted molar refractivity (Wildman–Crippen MR) is 89.5 cm³/mol. The number of benzene rings is 1. The zero-order valence-corrected chi connectivity index (χ0v) is 14.9. The lowest BCUT2D eigenvalue weighted by molar-refractivity contribution is -0.147. The second kappa shape index (κ2) is 8.35. The minimum absolute atomic E-state index is 0.0325. The molecule has 2 aromatic rings. The molecule has 1 aromatic carbocycles. The molecule has 0 saturated carbocycles. The normalized spacial score (nSPS) is 12.7. The number of hydrogen-bond acceptors (Lipinski definition) is 5. The van der Waals surface area contributed by atoms with Crippen molar-refractivity contribution in [3.8, 4) is 0 Å². The summed E-state index contributed by atoms with van der Waals surface area (Å²) in [6.45, 7) is 1.37. The van der Waals surface area contributed by atoms with E-state index < -0.39 is 23.9 Å². The molecule has 1 amide bonds. The fraction of sp³-hybridized carbons (Fsp3) is 0.375. The van der Waals surface area contributed by atoms with E-state index in [1.54, 1.807) is 0 Å². The molecular weight excluding hydrogens is 369 g/mol. The van der Waals surface area contributed by atoms with Crippen LogP contribution in [0.25, 0.3) is 0 Å². The van der Waals surface area contributed by atoms with Gasteiger partial charge in [0.1, 0.15) is 0 Å². The van der Waals surface area contributed by atoms with Gasteiger partial charge in [-0.15, -0.1) is 10.2 Å². The number of rotatable bonds is 7. The Hall–Kier alpha value is -2.36. The molecule has 0 aliphatic rings. The zero-order valence-electron chi connectivity index (χ0n) is 14.1. The molecule has 26 heavy (non-hydrogen) atoms. The van der Waals surface area contributed by atoms with Crippen LogP contribution in [-0.4, -0.2) is 38.2 Å². The standard InChI is InChI=1S/C16H17F3N4O2S/c1-10(24)12(8-11-6-4-3-5-7-11)20-13(25)9-26-15-22-21-14(23(15)2)16(17,18)19/h3-7,12H,8-9H2,1-2H3,(H,20,25)/t12-/m1/s1. The Morgan fingerprint density at radius 1 is 1.23 bits per heavy atom. The molecule has 0 spiro atoms. The van der Waals surface area contributed by atoms with Crippen LogP contribution in [0.3, 0.4) is 0 Å². The molecule has 1 atom stereocenters. The van der Waals surface area contributed by atoms with Crippen LogP contribution >= 0.6 is 11.8 Å². The Morgan fingerprint density at radius 2 is 1.88 bits per heavy atom. The van der Waals surface area contributed by atoms with E-state index >= 15 is 0 Å². The lowest BCUT2D eigenvalue weighted by atomic mass is 10.0. The summed E-state index contributed by atoms with van der Waals surface area (Å²) in [5, 5.41) is 9.11. The Balaban J connectivity index is 1.95. The van der Waals surface area contributed by atoms with Crippen molar-refractivity contribution >= 4 is 23.5 Å². The van der Waals surface area contributed by atoms with Crippen LogP contribution in [0.4, 0.5) is 13.2 Å². The van der Waals surface area contributed by atoms with Crippen molar-refractivity contribution in [1.82, 2.24) is 20.1 Å². The average Bonchev–Trinajstić information content (AvgIpc) is 2.94. The van der Waals surface area contributed by atoms with Gasteiger partial charge in [0.2, 0.25) is 11.7 Å². The highest BCUT2D eigenvalue weighted by Gasteiger charge is 2.37. The maximum Gasteiger partial charge on any atom is 0.451 e. The van der Waals surface area contributed by atoms with E-state index in [0.29, 0.717) is 6.42 Å². The smallest absolute Gasteiger partial charge is 0.345 e. The molecule has 0 aliphatic heterocycles. The Morgan fingerprint density at radius 3 is 2.42 bits per heavy atom. The van der Waals surface area contributed by atoms with E-state index in [2.05, 4.69) is 15.5 Å². The maximum absolute atomic E-state index is 12.7. The summed E-state index contributed by atoms with van der Waals surface area (Å²) in [4.78, 5) is 23.8. The van der Waals surface area contributed by atoms with E-state index in [0.717, 1.165) is 21.9 Å². The fourth-order valence-corrected chi connectivity index (χ4v) is 2.92. The van der Waals surface area contributed by atoms with Crippen molar-refractivity contribution in [2.24, 2.45) is 7.05 Å². The first-order valence-electron chi connectivity index (χ1n) is 7.61.